The molecule has 5 aromatic heterocycles. The predicted molar refractivity (Wildman–Crippen MR) is 120 cm³/mol. The van der Waals surface area contributed by atoms with E-state index in [1.165, 1.54) is 9.75 Å². The zero-order chi connectivity index (χ0) is 20.1. The highest BCUT2D eigenvalue weighted by atomic mass is 32.1. The van der Waals surface area contributed by atoms with Gasteiger partial charge in [0.05, 0.1) is 17.2 Å². The first-order valence-corrected chi connectivity index (χ1v) is 11.0. The Morgan fingerprint density at radius 1 is 1.10 bits per heavy atom. The molecule has 8 heteroatoms. The van der Waals surface area contributed by atoms with E-state index in [9.17, 15) is 0 Å². The number of nitrogens with zero attached hydrogens (tertiary/aromatic N) is 4. The average Bonchev–Trinajstić information content (AvgIpc) is 3.51. The zero-order valence-electron chi connectivity index (χ0n) is 16.6. The summed E-state index contributed by atoms with van der Waals surface area (Å²) in [7, 11) is 0. The van der Waals surface area contributed by atoms with Crippen molar-refractivity contribution >= 4 is 33.4 Å². The second kappa shape index (κ2) is 7.00. The summed E-state index contributed by atoms with van der Waals surface area (Å²) in [5.41, 5.74) is 5.64. The van der Waals surface area contributed by atoms with Crippen LogP contribution in [-0.4, -0.2) is 43.2 Å². The van der Waals surface area contributed by atoms with Crippen molar-refractivity contribution in [1.29, 1.82) is 0 Å². The largest absolute Gasteiger partial charge is 0.335 e. The van der Waals surface area contributed by atoms with E-state index in [1.807, 2.05) is 18.5 Å². The van der Waals surface area contributed by atoms with Crippen LogP contribution < -0.4 is 5.32 Å². The van der Waals surface area contributed by atoms with Crippen molar-refractivity contribution in [3.05, 3.63) is 47.2 Å². The summed E-state index contributed by atoms with van der Waals surface area (Å²) in [6.45, 7) is 4.21. The fourth-order valence-corrected chi connectivity index (χ4v) is 5.16. The van der Waals surface area contributed by atoms with E-state index in [2.05, 4.69) is 50.6 Å². The lowest BCUT2D eigenvalue weighted by atomic mass is 9.93. The highest BCUT2D eigenvalue weighted by Gasteiger charge is 2.20. The molecule has 5 aromatic rings. The summed E-state index contributed by atoms with van der Waals surface area (Å²) >= 11 is 1.77. The van der Waals surface area contributed by atoms with Crippen molar-refractivity contribution in [1.82, 2.24) is 35.5 Å². The Hall–Kier alpha value is -3.10. The van der Waals surface area contributed by atoms with E-state index in [1.54, 1.807) is 11.3 Å². The third-order valence-corrected chi connectivity index (χ3v) is 6.88. The fourth-order valence-electron chi connectivity index (χ4n) is 4.26. The molecule has 1 fully saturated rings. The third kappa shape index (κ3) is 2.91. The van der Waals surface area contributed by atoms with E-state index < -0.39 is 0 Å². The Kier molecular flexibility index (Phi) is 4.14. The van der Waals surface area contributed by atoms with Crippen LogP contribution in [0, 0.1) is 6.92 Å². The number of hydrogen-bond donors (Lipinski definition) is 3. The van der Waals surface area contributed by atoms with Gasteiger partial charge in [0.1, 0.15) is 5.69 Å². The first-order valence-electron chi connectivity index (χ1n) is 10.2. The van der Waals surface area contributed by atoms with Crippen molar-refractivity contribution in [2.45, 2.75) is 25.7 Å². The van der Waals surface area contributed by atoms with Gasteiger partial charge < -0.3 is 10.3 Å². The Morgan fingerprint density at radius 3 is 2.83 bits per heavy atom. The molecule has 0 amide bonds. The molecule has 1 aliphatic rings. The SMILES string of the molecule is Cc1ccc(-c2ccnc3nc(-c4n[nH]c5cnc(C6CCNCC6)cc45)[nH]c23)s1. The summed E-state index contributed by atoms with van der Waals surface area (Å²) in [6, 6.07) is 8.50. The molecule has 30 heavy (non-hydrogen) atoms. The highest BCUT2D eigenvalue weighted by molar-refractivity contribution is 7.15. The van der Waals surface area contributed by atoms with Crippen LogP contribution >= 0.6 is 11.3 Å². The average molecular weight is 416 g/mol. The Balaban J connectivity index is 1.47. The number of hydrogen-bond acceptors (Lipinski definition) is 6. The maximum absolute atomic E-state index is 4.77. The normalized spacial score (nSPS) is 15.4. The van der Waals surface area contributed by atoms with Gasteiger partial charge in [0.2, 0.25) is 0 Å². The van der Waals surface area contributed by atoms with Crippen LogP contribution in [0.1, 0.15) is 29.3 Å². The zero-order valence-corrected chi connectivity index (χ0v) is 17.4. The van der Waals surface area contributed by atoms with Gasteiger partial charge in [-0.15, -0.1) is 11.3 Å². The molecule has 0 radical (unpaired) electrons. The molecule has 1 saturated heterocycles. The van der Waals surface area contributed by atoms with Crippen molar-refractivity contribution in [2.24, 2.45) is 0 Å². The summed E-state index contributed by atoms with van der Waals surface area (Å²) in [5, 5.41) is 12.1. The summed E-state index contributed by atoms with van der Waals surface area (Å²) in [6.07, 6.45) is 5.94. The van der Waals surface area contributed by atoms with Crippen LogP contribution in [0.5, 0.6) is 0 Å². The molecule has 1 aliphatic heterocycles. The van der Waals surface area contributed by atoms with Crippen molar-refractivity contribution in [3.8, 4) is 22.0 Å². The van der Waals surface area contributed by atoms with Gasteiger partial charge >= 0.3 is 0 Å². The van der Waals surface area contributed by atoms with E-state index >= 15 is 0 Å². The molecule has 6 rings (SSSR count). The van der Waals surface area contributed by atoms with Gasteiger partial charge in [-0.05, 0) is 57.1 Å². The molecule has 0 aromatic carbocycles. The van der Waals surface area contributed by atoms with Crippen molar-refractivity contribution < 1.29 is 0 Å². The number of aromatic nitrogens is 6. The van der Waals surface area contributed by atoms with Crippen LogP contribution in [0.3, 0.4) is 0 Å². The molecule has 0 saturated carbocycles. The van der Waals surface area contributed by atoms with Crippen molar-refractivity contribution in [2.75, 3.05) is 13.1 Å². The van der Waals surface area contributed by atoms with Crippen LogP contribution in [0.25, 0.3) is 44.0 Å². The van der Waals surface area contributed by atoms with Crippen LogP contribution in [0.2, 0.25) is 0 Å². The van der Waals surface area contributed by atoms with Gasteiger partial charge in [-0.1, -0.05) is 0 Å². The number of aromatic amines is 2. The Labute approximate surface area is 177 Å². The van der Waals surface area contributed by atoms with Crippen molar-refractivity contribution in [3.63, 3.8) is 0 Å². The lowest BCUT2D eigenvalue weighted by molar-refractivity contribution is 0.453. The van der Waals surface area contributed by atoms with Gasteiger partial charge in [-0.25, -0.2) is 9.97 Å². The highest BCUT2D eigenvalue weighted by Crippen LogP contribution is 2.34. The van der Waals surface area contributed by atoms with Gasteiger partial charge in [0, 0.05) is 38.5 Å². The number of aryl methyl sites for hydroxylation is 1. The number of fused-ring (bicyclic) bond motifs is 2. The second-order valence-corrected chi connectivity index (χ2v) is 9.09. The number of nitrogens with one attached hydrogen (secondary N) is 3. The number of imidazole rings is 1. The smallest absolute Gasteiger partial charge is 0.178 e. The number of piperidine rings is 1. The monoisotopic (exact) mass is 415 g/mol. The maximum Gasteiger partial charge on any atom is 0.178 e. The molecule has 3 N–H and O–H groups in total. The van der Waals surface area contributed by atoms with Crippen LogP contribution in [-0.2, 0) is 0 Å². The molecule has 6 heterocycles. The molecule has 0 atom stereocenters. The third-order valence-electron chi connectivity index (χ3n) is 5.85. The van der Waals surface area contributed by atoms with Gasteiger partial charge in [0.15, 0.2) is 11.5 Å². The lowest BCUT2D eigenvalue weighted by Crippen LogP contribution is -2.27. The molecule has 7 nitrogen and oxygen atoms in total. The molecule has 0 bridgehead atoms. The standard InChI is InChI=1S/C22H21N7S/c1-12-2-3-18(30-12)14-6-9-24-21-19(14)26-22(27-21)20-15-10-16(13-4-7-23-8-5-13)25-11-17(15)28-29-20/h2-3,6,9-11,13,23H,4-5,7-8H2,1H3,(H,28,29)(H,24,26,27). The molecular weight excluding hydrogens is 394 g/mol. The van der Waals surface area contributed by atoms with E-state index in [-0.39, 0.29) is 0 Å². The molecule has 0 unspecified atom stereocenters. The van der Waals surface area contributed by atoms with Gasteiger partial charge in [0.25, 0.3) is 0 Å². The quantitative estimate of drug-likeness (QED) is 0.406. The summed E-state index contributed by atoms with van der Waals surface area (Å²) in [4.78, 5) is 19.9. The van der Waals surface area contributed by atoms with Crippen LogP contribution in [0.4, 0.5) is 0 Å². The van der Waals surface area contributed by atoms with Gasteiger partial charge in [-0.2, -0.15) is 5.10 Å². The Bertz CT molecular complexity index is 1360. The number of thiophene rings is 1. The topological polar surface area (TPSA) is 95.2 Å². The second-order valence-electron chi connectivity index (χ2n) is 7.80. The number of rotatable bonds is 3. The minimum atomic E-state index is 0.490. The lowest BCUT2D eigenvalue weighted by Gasteiger charge is -2.21. The molecular formula is C22H21N7S. The number of H-pyrrole nitrogens is 2. The van der Waals surface area contributed by atoms with E-state index in [0.717, 1.165) is 65.1 Å². The van der Waals surface area contributed by atoms with Crippen LogP contribution in [0.15, 0.2) is 36.7 Å². The Morgan fingerprint density at radius 2 is 2.00 bits per heavy atom. The maximum atomic E-state index is 4.77. The summed E-state index contributed by atoms with van der Waals surface area (Å²) in [5.74, 6) is 1.22. The summed E-state index contributed by atoms with van der Waals surface area (Å²) < 4.78 is 0. The van der Waals surface area contributed by atoms with E-state index in [0.29, 0.717) is 11.6 Å². The molecule has 0 spiro atoms. The first kappa shape index (κ1) is 17.7. The minimum absolute atomic E-state index is 0.490. The molecule has 0 aliphatic carbocycles. The molecule has 150 valence electrons. The minimum Gasteiger partial charge on any atom is -0.335 e. The fraction of sp³-hybridized carbons (Fsp3) is 0.273. The van der Waals surface area contributed by atoms with E-state index in [4.69, 9.17) is 9.97 Å². The predicted octanol–water partition coefficient (Wildman–Crippen LogP) is 4.40. The first-order chi connectivity index (χ1) is 14.8. The number of pyridine rings is 2. The van der Waals surface area contributed by atoms with Gasteiger partial charge in [-0.3, -0.25) is 10.1 Å².